The first-order valence-electron chi connectivity index (χ1n) is 10.0. The summed E-state index contributed by atoms with van der Waals surface area (Å²) in [4.78, 5) is 19.0. The maximum absolute atomic E-state index is 12.6. The molecule has 30 heavy (non-hydrogen) atoms. The van der Waals surface area contributed by atoms with Crippen molar-refractivity contribution >= 4 is 23.2 Å². The van der Waals surface area contributed by atoms with Crippen LogP contribution in [0.25, 0.3) is 0 Å². The molecular weight excluding hydrogens is 406 g/mol. The van der Waals surface area contributed by atoms with Gasteiger partial charge < -0.3 is 24.4 Å². The summed E-state index contributed by atoms with van der Waals surface area (Å²) < 4.78 is 16.8. The van der Waals surface area contributed by atoms with Crippen LogP contribution in [0.5, 0.6) is 17.4 Å². The molecule has 1 aromatic carbocycles. The number of nitrogens with one attached hydrogen (secondary N) is 1. The zero-order valence-corrected chi connectivity index (χ0v) is 19.0. The van der Waals surface area contributed by atoms with Crippen molar-refractivity contribution in [1.29, 1.82) is 0 Å². The van der Waals surface area contributed by atoms with Crippen molar-refractivity contribution in [1.82, 2.24) is 9.88 Å². The van der Waals surface area contributed by atoms with Gasteiger partial charge in [-0.25, -0.2) is 4.98 Å². The number of halogens is 1. The molecule has 0 fully saturated rings. The molecule has 1 aromatic heterocycles. The van der Waals surface area contributed by atoms with Crippen LogP contribution in [0.3, 0.4) is 0 Å². The molecule has 0 bridgehead atoms. The number of methoxy groups -OCH3 is 1. The van der Waals surface area contributed by atoms with Crippen LogP contribution in [-0.2, 0) is 0 Å². The van der Waals surface area contributed by atoms with E-state index in [1.165, 1.54) is 12.3 Å². The van der Waals surface area contributed by atoms with Gasteiger partial charge in [0, 0.05) is 24.5 Å². The summed E-state index contributed by atoms with van der Waals surface area (Å²) in [6.45, 7) is 11.2. The number of likely N-dealkylation sites (N-methyl/N-ethyl adjacent to an activating group) is 1. The average molecular weight is 436 g/mol. The maximum Gasteiger partial charge on any atom is 0.257 e. The van der Waals surface area contributed by atoms with Gasteiger partial charge in [-0.3, -0.25) is 4.79 Å². The summed E-state index contributed by atoms with van der Waals surface area (Å²) in [6, 6.07) is 6.78. The maximum atomic E-state index is 12.6. The summed E-state index contributed by atoms with van der Waals surface area (Å²) in [5, 5.41) is 3.12. The predicted octanol–water partition coefficient (Wildman–Crippen LogP) is 4.50. The summed E-state index contributed by atoms with van der Waals surface area (Å²) in [7, 11) is 1.58. The number of benzene rings is 1. The molecule has 2 rings (SSSR count). The van der Waals surface area contributed by atoms with E-state index in [0.29, 0.717) is 35.2 Å². The van der Waals surface area contributed by atoms with Crippen molar-refractivity contribution in [3.63, 3.8) is 0 Å². The standard InChI is InChI=1S/C22H30ClN3O4/c1-6-26(7-2)10-11-29-20-13-17(8-9-19(20)28-5)25-21(27)16-12-18(23)22(24-14-16)30-15(3)4/h8-9,12-15H,6-7,10-11H2,1-5H3,(H,25,27). The summed E-state index contributed by atoms with van der Waals surface area (Å²) in [5.41, 5.74) is 0.910. The molecule has 0 aliphatic rings. The van der Waals surface area contributed by atoms with Gasteiger partial charge in [-0.2, -0.15) is 0 Å². The first-order valence-corrected chi connectivity index (χ1v) is 10.4. The molecule has 0 saturated carbocycles. The highest BCUT2D eigenvalue weighted by Crippen LogP contribution is 2.31. The average Bonchev–Trinajstić information content (AvgIpc) is 2.72. The zero-order valence-electron chi connectivity index (χ0n) is 18.2. The fraction of sp³-hybridized carbons (Fsp3) is 0.455. The minimum absolute atomic E-state index is 0.0610. The number of rotatable bonds is 11. The Hall–Kier alpha value is -2.51. The van der Waals surface area contributed by atoms with Gasteiger partial charge in [0.2, 0.25) is 5.88 Å². The van der Waals surface area contributed by atoms with Gasteiger partial charge in [-0.05, 0) is 45.1 Å². The Morgan fingerprint density at radius 1 is 1.20 bits per heavy atom. The smallest absolute Gasteiger partial charge is 0.257 e. The minimum Gasteiger partial charge on any atom is -0.493 e. The van der Waals surface area contributed by atoms with E-state index in [9.17, 15) is 4.79 Å². The SMILES string of the molecule is CCN(CC)CCOc1cc(NC(=O)c2cnc(OC(C)C)c(Cl)c2)ccc1OC. The number of carbonyl (C=O) groups is 1. The molecule has 1 heterocycles. The first kappa shape index (κ1) is 23.8. The fourth-order valence-electron chi connectivity index (χ4n) is 2.75. The third-order valence-electron chi connectivity index (χ3n) is 4.40. The van der Waals surface area contributed by atoms with Gasteiger partial charge in [-0.15, -0.1) is 0 Å². The van der Waals surface area contributed by atoms with Crippen LogP contribution >= 0.6 is 11.6 Å². The lowest BCUT2D eigenvalue weighted by Gasteiger charge is -2.19. The Bertz CT molecular complexity index is 841. The molecule has 0 atom stereocenters. The third-order valence-corrected chi connectivity index (χ3v) is 4.67. The second-order valence-corrected chi connectivity index (χ2v) is 7.28. The lowest BCUT2D eigenvalue weighted by molar-refractivity contribution is 0.102. The highest BCUT2D eigenvalue weighted by Gasteiger charge is 2.14. The second kappa shape index (κ2) is 11.6. The van der Waals surface area contributed by atoms with E-state index >= 15 is 0 Å². The van der Waals surface area contributed by atoms with Gasteiger partial charge in [0.15, 0.2) is 11.5 Å². The van der Waals surface area contributed by atoms with Crippen LogP contribution in [0.2, 0.25) is 5.02 Å². The number of nitrogens with zero attached hydrogens (tertiary/aromatic N) is 2. The molecule has 164 valence electrons. The van der Waals surface area contributed by atoms with Crippen LogP contribution in [0.4, 0.5) is 5.69 Å². The number of aromatic nitrogens is 1. The van der Waals surface area contributed by atoms with Crippen LogP contribution in [0.15, 0.2) is 30.5 Å². The van der Waals surface area contributed by atoms with Crippen molar-refractivity contribution in [2.75, 3.05) is 38.7 Å². The van der Waals surface area contributed by atoms with E-state index in [0.717, 1.165) is 19.6 Å². The Kier molecular flexibility index (Phi) is 9.20. The van der Waals surface area contributed by atoms with Crippen molar-refractivity contribution in [2.45, 2.75) is 33.8 Å². The van der Waals surface area contributed by atoms with Crippen LogP contribution < -0.4 is 19.5 Å². The van der Waals surface area contributed by atoms with E-state index in [1.54, 1.807) is 25.3 Å². The molecule has 1 amide bonds. The third kappa shape index (κ3) is 6.78. The summed E-state index contributed by atoms with van der Waals surface area (Å²) >= 11 is 6.18. The van der Waals surface area contributed by atoms with Crippen molar-refractivity contribution in [2.24, 2.45) is 0 Å². The number of pyridine rings is 1. The molecule has 7 nitrogen and oxygen atoms in total. The molecule has 0 aliphatic heterocycles. The Morgan fingerprint density at radius 2 is 1.93 bits per heavy atom. The summed E-state index contributed by atoms with van der Waals surface area (Å²) in [6.07, 6.45) is 1.37. The number of amides is 1. The Balaban J connectivity index is 2.08. The monoisotopic (exact) mass is 435 g/mol. The van der Waals surface area contributed by atoms with E-state index in [-0.39, 0.29) is 17.0 Å². The Labute approximate surface area is 183 Å². The normalized spacial score (nSPS) is 10.9. The van der Waals surface area contributed by atoms with E-state index in [4.69, 9.17) is 25.8 Å². The molecule has 0 spiro atoms. The van der Waals surface area contributed by atoms with Crippen molar-refractivity contribution in [3.05, 3.63) is 41.0 Å². The van der Waals surface area contributed by atoms with Crippen molar-refractivity contribution in [3.8, 4) is 17.4 Å². The van der Waals surface area contributed by atoms with Crippen LogP contribution in [-0.4, -0.2) is 55.2 Å². The quantitative estimate of drug-likeness (QED) is 0.560. The molecule has 0 unspecified atom stereocenters. The van der Waals surface area contributed by atoms with Gasteiger partial charge in [0.05, 0.1) is 18.8 Å². The number of anilines is 1. The minimum atomic E-state index is -0.334. The Morgan fingerprint density at radius 3 is 2.53 bits per heavy atom. The van der Waals surface area contributed by atoms with Gasteiger partial charge in [0.25, 0.3) is 5.91 Å². The second-order valence-electron chi connectivity index (χ2n) is 6.87. The highest BCUT2D eigenvalue weighted by atomic mass is 35.5. The van der Waals surface area contributed by atoms with E-state index < -0.39 is 0 Å². The lowest BCUT2D eigenvalue weighted by atomic mass is 10.2. The van der Waals surface area contributed by atoms with Crippen LogP contribution in [0.1, 0.15) is 38.1 Å². The molecule has 8 heteroatoms. The number of carbonyl (C=O) groups excluding carboxylic acids is 1. The van der Waals surface area contributed by atoms with Crippen molar-refractivity contribution < 1.29 is 19.0 Å². The predicted molar refractivity (Wildman–Crippen MR) is 119 cm³/mol. The molecular formula is C22H30ClN3O4. The largest absolute Gasteiger partial charge is 0.493 e. The molecule has 1 N–H and O–H groups in total. The van der Waals surface area contributed by atoms with Gasteiger partial charge >= 0.3 is 0 Å². The van der Waals surface area contributed by atoms with Gasteiger partial charge in [0.1, 0.15) is 11.6 Å². The number of hydrogen-bond acceptors (Lipinski definition) is 6. The van der Waals surface area contributed by atoms with E-state index in [2.05, 4.69) is 29.0 Å². The summed E-state index contributed by atoms with van der Waals surface area (Å²) in [5.74, 6) is 1.14. The topological polar surface area (TPSA) is 72.9 Å². The molecule has 0 radical (unpaired) electrons. The van der Waals surface area contributed by atoms with E-state index in [1.807, 2.05) is 13.8 Å². The fourth-order valence-corrected chi connectivity index (χ4v) is 2.97. The van der Waals surface area contributed by atoms with Gasteiger partial charge in [-0.1, -0.05) is 25.4 Å². The molecule has 2 aromatic rings. The lowest BCUT2D eigenvalue weighted by Crippen LogP contribution is -2.28. The first-order chi connectivity index (χ1) is 14.4. The number of hydrogen-bond donors (Lipinski definition) is 1. The zero-order chi connectivity index (χ0) is 22.1. The highest BCUT2D eigenvalue weighted by molar-refractivity contribution is 6.32. The molecule has 0 aliphatic carbocycles. The van der Waals surface area contributed by atoms with Crippen LogP contribution in [0, 0.1) is 0 Å². The number of ether oxygens (including phenoxy) is 3. The molecule has 0 saturated heterocycles.